The van der Waals surface area contributed by atoms with Crippen molar-refractivity contribution in [3.8, 4) is 5.69 Å². The van der Waals surface area contributed by atoms with Crippen LogP contribution in [0.5, 0.6) is 0 Å². The van der Waals surface area contributed by atoms with Crippen molar-refractivity contribution in [2.45, 2.75) is 37.2 Å². The monoisotopic (exact) mass is 445 g/mol. The minimum atomic E-state index is -3.49. The zero-order valence-corrected chi connectivity index (χ0v) is 17.7. The molecule has 0 unspecified atom stereocenters. The maximum Gasteiger partial charge on any atom is 0.274 e. The molecule has 1 heterocycles. The molecule has 2 N–H and O–H groups in total. The standard InChI is InChI=1S/C20H20ClN5O3S/c1-13-19(24-26(23-13)17-4-2-3-15(21)11-17)20(27)22-12-14-5-9-18(10-6-14)30(28,29)25-16-7-8-16/h2-6,9-11,16,25H,7-8,12H2,1H3,(H,22,27). The minimum absolute atomic E-state index is 0.0533. The molecule has 0 bridgehead atoms. The molecule has 1 aliphatic rings. The van der Waals surface area contributed by atoms with Crippen LogP contribution in [0.4, 0.5) is 0 Å². The summed E-state index contributed by atoms with van der Waals surface area (Å²) < 4.78 is 27.1. The van der Waals surface area contributed by atoms with Crippen molar-refractivity contribution in [1.82, 2.24) is 25.0 Å². The van der Waals surface area contributed by atoms with Crippen LogP contribution in [0.25, 0.3) is 5.69 Å². The number of hydrogen-bond acceptors (Lipinski definition) is 5. The van der Waals surface area contributed by atoms with Crippen molar-refractivity contribution >= 4 is 27.5 Å². The van der Waals surface area contributed by atoms with E-state index in [1.165, 1.54) is 16.9 Å². The molecule has 30 heavy (non-hydrogen) atoms. The molecule has 8 nitrogen and oxygen atoms in total. The van der Waals surface area contributed by atoms with Crippen molar-refractivity contribution in [3.05, 3.63) is 70.5 Å². The van der Waals surface area contributed by atoms with Gasteiger partial charge in [-0.1, -0.05) is 29.8 Å². The van der Waals surface area contributed by atoms with E-state index in [4.69, 9.17) is 11.6 Å². The lowest BCUT2D eigenvalue weighted by atomic mass is 10.2. The summed E-state index contributed by atoms with van der Waals surface area (Å²) in [6.07, 6.45) is 1.76. The molecule has 1 amide bonds. The van der Waals surface area contributed by atoms with Crippen LogP contribution in [-0.2, 0) is 16.6 Å². The van der Waals surface area contributed by atoms with Crippen molar-refractivity contribution in [1.29, 1.82) is 0 Å². The van der Waals surface area contributed by atoms with E-state index < -0.39 is 10.0 Å². The van der Waals surface area contributed by atoms with Gasteiger partial charge in [0.05, 0.1) is 16.3 Å². The number of aromatic nitrogens is 3. The Morgan fingerprint density at radius 3 is 2.57 bits per heavy atom. The van der Waals surface area contributed by atoms with Gasteiger partial charge in [0.1, 0.15) is 0 Å². The third-order valence-corrected chi connectivity index (χ3v) is 6.39. The third-order valence-electron chi connectivity index (χ3n) is 4.62. The maximum atomic E-state index is 12.5. The molecule has 1 fully saturated rings. The summed E-state index contributed by atoms with van der Waals surface area (Å²) in [5.74, 6) is -0.368. The van der Waals surface area contributed by atoms with Gasteiger partial charge < -0.3 is 5.32 Å². The lowest BCUT2D eigenvalue weighted by Gasteiger charge is -2.07. The lowest BCUT2D eigenvalue weighted by molar-refractivity contribution is 0.0945. The van der Waals surface area contributed by atoms with Gasteiger partial charge in [0, 0.05) is 17.6 Å². The van der Waals surface area contributed by atoms with E-state index in [2.05, 4.69) is 20.2 Å². The summed E-state index contributed by atoms with van der Waals surface area (Å²) in [6.45, 7) is 1.94. The predicted octanol–water partition coefficient (Wildman–Crippen LogP) is 2.60. The number of hydrogen-bond donors (Lipinski definition) is 2. The highest BCUT2D eigenvalue weighted by Gasteiger charge is 2.27. The molecule has 2 aromatic carbocycles. The second-order valence-electron chi connectivity index (χ2n) is 7.13. The second kappa shape index (κ2) is 8.17. The highest BCUT2D eigenvalue weighted by molar-refractivity contribution is 7.89. The predicted molar refractivity (Wildman–Crippen MR) is 112 cm³/mol. The first-order chi connectivity index (χ1) is 14.3. The number of nitrogens with zero attached hydrogens (tertiary/aromatic N) is 3. The van der Waals surface area contributed by atoms with E-state index in [1.807, 2.05) is 0 Å². The van der Waals surface area contributed by atoms with Crippen LogP contribution in [0.2, 0.25) is 5.02 Å². The van der Waals surface area contributed by atoms with Gasteiger partial charge in [0.2, 0.25) is 10.0 Å². The lowest BCUT2D eigenvalue weighted by Crippen LogP contribution is -2.26. The van der Waals surface area contributed by atoms with Crippen LogP contribution in [0.3, 0.4) is 0 Å². The van der Waals surface area contributed by atoms with Gasteiger partial charge in [-0.25, -0.2) is 13.1 Å². The molecule has 0 aliphatic heterocycles. The first-order valence-corrected chi connectivity index (χ1v) is 11.3. The third kappa shape index (κ3) is 4.69. The van der Waals surface area contributed by atoms with Crippen LogP contribution in [0, 0.1) is 6.92 Å². The van der Waals surface area contributed by atoms with Gasteiger partial charge in [-0.3, -0.25) is 4.79 Å². The molecule has 0 atom stereocenters. The molecule has 1 aliphatic carbocycles. The number of benzene rings is 2. The molecule has 0 saturated heterocycles. The van der Waals surface area contributed by atoms with Gasteiger partial charge in [0.15, 0.2) is 5.69 Å². The largest absolute Gasteiger partial charge is 0.347 e. The summed E-state index contributed by atoms with van der Waals surface area (Å²) in [5, 5.41) is 11.9. The van der Waals surface area contributed by atoms with E-state index in [-0.39, 0.29) is 29.1 Å². The molecule has 0 radical (unpaired) electrons. The Labute approximate surface area is 179 Å². The van der Waals surface area contributed by atoms with E-state index in [1.54, 1.807) is 43.3 Å². The van der Waals surface area contributed by atoms with E-state index in [9.17, 15) is 13.2 Å². The van der Waals surface area contributed by atoms with Gasteiger partial charge in [0.25, 0.3) is 5.91 Å². The van der Waals surface area contributed by atoms with E-state index >= 15 is 0 Å². The van der Waals surface area contributed by atoms with Gasteiger partial charge in [-0.2, -0.15) is 9.90 Å². The van der Waals surface area contributed by atoms with E-state index in [0.717, 1.165) is 18.4 Å². The smallest absolute Gasteiger partial charge is 0.274 e. The highest BCUT2D eigenvalue weighted by atomic mass is 35.5. The molecule has 0 spiro atoms. The second-order valence-corrected chi connectivity index (χ2v) is 9.28. The average molecular weight is 446 g/mol. The van der Waals surface area contributed by atoms with Crippen molar-refractivity contribution in [2.75, 3.05) is 0 Å². The number of rotatable bonds is 7. The van der Waals surface area contributed by atoms with Crippen LogP contribution in [0.1, 0.15) is 34.6 Å². The molecular weight excluding hydrogens is 426 g/mol. The Bertz CT molecular complexity index is 1190. The van der Waals surface area contributed by atoms with Crippen molar-refractivity contribution < 1.29 is 13.2 Å². The quantitative estimate of drug-likeness (QED) is 0.581. The van der Waals surface area contributed by atoms with Crippen molar-refractivity contribution in [3.63, 3.8) is 0 Å². The van der Waals surface area contributed by atoms with Gasteiger partial charge >= 0.3 is 0 Å². The van der Waals surface area contributed by atoms with Crippen LogP contribution < -0.4 is 10.0 Å². The summed E-state index contributed by atoms with van der Waals surface area (Å²) in [6, 6.07) is 13.5. The Kier molecular flexibility index (Phi) is 5.59. The van der Waals surface area contributed by atoms with Crippen LogP contribution in [0.15, 0.2) is 53.4 Å². The molecule has 10 heteroatoms. The fourth-order valence-electron chi connectivity index (χ4n) is 2.85. The molecular formula is C20H20ClN5O3S. The molecule has 1 aromatic heterocycles. The number of aryl methyl sites for hydroxylation is 1. The van der Waals surface area contributed by atoms with Crippen molar-refractivity contribution in [2.24, 2.45) is 0 Å². The van der Waals surface area contributed by atoms with Crippen LogP contribution in [-0.4, -0.2) is 35.4 Å². The normalized spacial score (nSPS) is 13.9. The Morgan fingerprint density at radius 2 is 1.90 bits per heavy atom. The maximum absolute atomic E-state index is 12.5. The Balaban J connectivity index is 1.41. The first kappa shape index (κ1) is 20.5. The fourth-order valence-corrected chi connectivity index (χ4v) is 4.34. The number of nitrogens with one attached hydrogen (secondary N) is 2. The molecule has 1 saturated carbocycles. The first-order valence-electron chi connectivity index (χ1n) is 9.41. The summed E-state index contributed by atoms with van der Waals surface area (Å²) in [5.41, 5.74) is 2.12. The van der Waals surface area contributed by atoms with E-state index in [0.29, 0.717) is 16.4 Å². The molecule has 3 aromatic rings. The number of carbonyl (C=O) groups excluding carboxylic acids is 1. The average Bonchev–Trinajstić information content (AvgIpc) is 3.43. The minimum Gasteiger partial charge on any atom is -0.347 e. The zero-order chi connectivity index (χ0) is 21.3. The summed E-state index contributed by atoms with van der Waals surface area (Å²) in [4.78, 5) is 14.1. The molecule has 4 rings (SSSR count). The number of sulfonamides is 1. The van der Waals surface area contributed by atoms with Crippen LogP contribution >= 0.6 is 11.6 Å². The number of amides is 1. The number of carbonyl (C=O) groups is 1. The summed E-state index contributed by atoms with van der Waals surface area (Å²) >= 11 is 6.00. The zero-order valence-electron chi connectivity index (χ0n) is 16.2. The molecule has 156 valence electrons. The number of halogens is 1. The fraction of sp³-hybridized carbons (Fsp3) is 0.250. The SMILES string of the molecule is Cc1nn(-c2cccc(Cl)c2)nc1C(=O)NCc1ccc(S(=O)(=O)NC2CC2)cc1. The van der Waals surface area contributed by atoms with Gasteiger partial charge in [-0.15, -0.1) is 5.10 Å². The Hall–Kier alpha value is -2.75. The Morgan fingerprint density at radius 1 is 1.17 bits per heavy atom. The highest BCUT2D eigenvalue weighted by Crippen LogP contribution is 2.22. The summed E-state index contributed by atoms with van der Waals surface area (Å²) in [7, 11) is -3.49. The topological polar surface area (TPSA) is 106 Å². The van der Waals surface area contributed by atoms with Gasteiger partial charge in [-0.05, 0) is 55.7 Å².